The Morgan fingerprint density at radius 1 is 0.500 bits per heavy atom. The van der Waals surface area contributed by atoms with E-state index in [0.717, 1.165) is 38.5 Å². The predicted molar refractivity (Wildman–Crippen MR) is 117 cm³/mol. The van der Waals surface area contributed by atoms with Crippen molar-refractivity contribution in [3.05, 3.63) is 0 Å². The van der Waals surface area contributed by atoms with E-state index in [1.165, 1.54) is 83.5 Å². The van der Waals surface area contributed by atoms with Gasteiger partial charge in [0.15, 0.2) is 0 Å². The molecule has 0 aromatic heterocycles. The Bertz CT molecular complexity index is 275. The van der Waals surface area contributed by atoms with Crippen LogP contribution < -0.4 is 0 Å². The third-order valence-corrected chi connectivity index (χ3v) is 6.19. The molecule has 0 aromatic carbocycles. The Morgan fingerprint density at radius 2 is 0.962 bits per heavy atom. The lowest BCUT2D eigenvalue weighted by molar-refractivity contribution is -0.0992. The van der Waals surface area contributed by atoms with Crippen molar-refractivity contribution in [2.24, 2.45) is 5.92 Å². The molecular formula is C25H51O. The Kier molecular flexibility index (Phi) is 18.3. The van der Waals surface area contributed by atoms with E-state index >= 15 is 0 Å². The van der Waals surface area contributed by atoms with Crippen molar-refractivity contribution in [2.75, 3.05) is 0 Å². The van der Waals surface area contributed by atoms with Gasteiger partial charge in [-0.15, -0.1) is 0 Å². The zero-order valence-corrected chi connectivity index (χ0v) is 18.9. The first kappa shape index (κ1) is 26.0. The number of unbranched alkanes of at least 4 members (excludes halogenated alkanes) is 11. The normalized spacial score (nSPS) is 15.1. The summed E-state index contributed by atoms with van der Waals surface area (Å²) in [5.41, 5.74) is -0.639. The molecule has 0 saturated heterocycles. The van der Waals surface area contributed by atoms with E-state index in [0.29, 0.717) is 5.92 Å². The van der Waals surface area contributed by atoms with Gasteiger partial charge >= 0.3 is 0 Å². The van der Waals surface area contributed by atoms with E-state index in [1.807, 2.05) is 0 Å². The summed E-state index contributed by atoms with van der Waals surface area (Å²) in [6.07, 6.45) is 23.5. The van der Waals surface area contributed by atoms with Gasteiger partial charge in [0.2, 0.25) is 0 Å². The van der Waals surface area contributed by atoms with Crippen LogP contribution in [0.4, 0.5) is 0 Å². The first-order valence-electron chi connectivity index (χ1n) is 12.3. The maximum Gasteiger partial charge on any atom is 0.106 e. The van der Waals surface area contributed by atoms with Crippen LogP contribution in [0.5, 0.6) is 0 Å². The van der Waals surface area contributed by atoms with E-state index in [2.05, 4.69) is 27.7 Å². The van der Waals surface area contributed by atoms with Crippen molar-refractivity contribution in [2.45, 2.75) is 155 Å². The van der Waals surface area contributed by atoms with Crippen LogP contribution in [0.1, 0.15) is 150 Å². The number of hydrogen-bond donors (Lipinski definition) is 0. The molecule has 0 fully saturated rings. The molecular weight excluding hydrogens is 316 g/mol. The van der Waals surface area contributed by atoms with Gasteiger partial charge in [-0.3, -0.25) is 0 Å². The zero-order chi connectivity index (χ0) is 19.5. The van der Waals surface area contributed by atoms with Gasteiger partial charge in [0, 0.05) is 0 Å². The predicted octanol–water partition coefficient (Wildman–Crippen LogP) is 9.26. The second-order valence-electron chi connectivity index (χ2n) is 8.73. The minimum Gasteiger partial charge on any atom is -0.229 e. The maximum absolute atomic E-state index is 13.8. The van der Waals surface area contributed by atoms with Gasteiger partial charge in [0.1, 0.15) is 5.60 Å². The largest absolute Gasteiger partial charge is 0.229 e. The number of rotatable bonds is 20. The van der Waals surface area contributed by atoms with Crippen LogP contribution in [0, 0.1) is 5.92 Å². The average molecular weight is 368 g/mol. The van der Waals surface area contributed by atoms with Crippen LogP contribution in [0.15, 0.2) is 0 Å². The fraction of sp³-hybridized carbons (Fsp3) is 1.00. The molecule has 1 radical (unpaired) electrons. The molecule has 0 rings (SSSR count). The van der Waals surface area contributed by atoms with E-state index in [4.69, 9.17) is 0 Å². The standard InChI is InChI=1S/C25H51O/c1-5-9-12-14-16-18-21-24(20-8-4)25(26,22-11-7-3)23-19-17-15-13-10-6-2/h24H,5-23H2,1-4H3. The first-order chi connectivity index (χ1) is 12.6. The van der Waals surface area contributed by atoms with Crippen molar-refractivity contribution in [1.82, 2.24) is 0 Å². The average Bonchev–Trinajstić information content (AvgIpc) is 2.64. The highest BCUT2D eigenvalue weighted by atomic mass is 16.3. The minimum atomic E-state index is -0.639. The van der Waals surface area contributed by atoms with Gasteiger partial charge in [0.05, 0.1) is 0 Å². The molecule has 157 valence electrons. The molecule has 0 aliphatic carbocycles. The lowest BCUT2D eigenvalue weighted by Crippen LogP contribution is -2.37. The second kappa shape index (κ2) is 18.3. The molecule has 2 unspecified atom stereocenters. The highest BCUT2D eigenvalue weighted by molar-refractivity contribution is 4.86. The van der Waals surface area contributed by atoms with Gasteiger partial charge < -0.3 is 0 Å². The van der Waals surface area contributed by atoms with Crippen molar-refractivity contribution in [1.29, 1.82) is 0 Å². The molecule has 0 N–H and O–H groups in total. The molecule has 1 nitrogen and oxygen atoms in total. The Hall–Kier alpha value is -0.0400. The van der Waals surface area contributed by atoms with Crippen LogP contribution in [0.25, 0.3) is 0 Å². The SMILES string of the molecule is CCCCCCCCC(CCC)C([O])(CCCC)CCCCCCCC. The zero-order valence-electron chi connectivity index (χ0n) is 18.9. The van der Waals surface area contributed by atoms with Crippen LogP contribution in [-0.4, -0.2) is 5.60 Å². The first-order valence-corrected chi connectivity index (χ1v) is 12.3. The second-order valence-corrected chi connectivity index (χ2v) is 8.73. The summed E-state index contributed by atoms with van der Waals surface area (Å²) in [4.78, 5) is 0. The minimum absolute atomic E-state index is 0.417. The Balaban J connectivity index is 4.44. The highest BCUT2D eigenvalue weighted by Crippen LogP contribution is 2.37. The molecule has 0 heterocycles. The van der Waals surface area contributed by atoms with Crippen LogP contribution >= 0.6 is 0 Å². The molecule has 26 heavy (non-hydrogen) atoms. The van der Waals surface area contributed by atoms with Crippen LogP contribution in [0.2, 0.25) is 0 Å². The summed E-state index contributed by atoms with van der Waals surface area (Å²) in [7, 11) is 0. The van der Waals surface area contributed by atoms with Gasteiger partial charge in [-0.05, 0) is 31.6 Å². The Labute approximate surface area is 166 Å². The molecule has 0 saturated carbocycles. The van der Waals surface area contributed by atoms with Crippen molar-refractivity contribution in [3.63, 3.8) is 0 Å². The van der Waals surface area contributed by atoms with E-state index < -0.39 is 5.60 Å². The molecule has 2 atom stereocenters. The van der Waals surface area contributed by atoms with Gasteiger partial charge in [0.25, 0.3) is 0 Å². The summed E-state index contributed by atoms with van der Waals surface area (Å²) >= 11 is 0. The molecule has 0 spiro atoms. The summed E-state index contributed by atoms with van der Waals surface area (Å²) in [6, 6.07) is 0. The molecule has 0 aliphatic rings. The molecule has 0 amide bonds. The third-order valence-electron chi connectivity index (χ3n) is 6.19. The number of hydrogen-bond acceptors (Lipinski definition) is 0. The fourth-order valence-electron chi connectivity index (χ4n) is 4.40. The van der Waals surface area contributed by atoms with E-state index in [1.54, 1.807) is 0 Å². The van der Waals surface area contributed by atoms with E-state index in [-0.39, 0.29) is 0 Å². The quantitative estimate of drug-likeness (QED) is 0.191. The van der Waals surface area contributed by atoms with Crippen LogP contribution in [0.3, 0.4) is 0 Å². The fourth-order valence-corrected chi connectivity index (χ4v) is 4.40. The van der Waals surface area contributed by atoms with Crippen LogP contribution in [-0.2, 0) is 5.11 Å². The van der Waals surface area contributed by atoms with Gasteiger partial charge in [-0.1, -0.05) is 124 Å². The topological polar surface area (TPSA) is 19.9 Å². The molecule has 0 aliphatic heterocycles. The summed E-state index contributed by atoms with van der Waals surface area (Å²) in [6.45, 7) is 9.04. The molecule has 1 heteroatoms. The van der Waals surface area contributed by atoms with E-state index in [9.17, 15) is 5.11 Å². The van der Waals surface area contributed by atoms with Crippen molar-refractivity contribution >= 4 is 0 Å². The molecule has 0 aromatic rings. The molecule has 0 bridgehead atoms. The summed E-state index contributed by atoms with van der Waals surface area (Å²) in [5.74, 6) is 0.417. The summed E-state index contributed by atoms with van der Waals surface area (Å²) in [5, 5.41) is 13.8. The van der Waals surface area contributed by atoms with Crippen molar-refractivity contribution < 1.29 is 5.11 Å². The van der Waals surface area contributed by atoms with Gasteiger partial charge in [-0.2, -0.15) is 0 Å². The van der Waals surface area contributed by atoms with Crippen molar-refractivity contribution in [3.8, 4) is 0 Å². The highest BCUT2D eigenvalue weighted by Gasteiger charge is 2.36. The van der Waals surface area contributed by atoms with Gasteiger partial charge in [-0.25, -0.2) is 5.11 Å². The monoisotopic (exact) mass is 367 g/mol. The lowest BCUT2D eigenvalue weighted by atomic mass is 9.74. The smallest absolute Gasteiger partial charge is 0.106 e. The third kappa shape index (κ3) is 13.2. The maximum atomic E-state index is 13.8. The summed E-state index contributed by atoms with van der Waals surface area (Å²) < 4.78 is 0. The Morgan fingerprint density at radius 3 is 1.50 bits per heavy atom. The lowest BCUT2D eigenvalue weighted by Gasteiger charge is -2.35.